The lowest BCUT2D eigenvalue weighted by Crippen LogP contribution is -2.31. The quantitative estimate of drug-likeness (QED) is 0.175. The molecule has 3 aromatic rings. The molecule has 0 spiro atoms. The van der Waals surface area contributed by atoms with Crippen molar-refractivity contribution in [3.05, 3.63) is 106 Å². The Kier molecular flexibility index (Phi) is 8.08. The van der Waals surface area contributed by atoms with Gasteiger partial charge in [0.1, 0.15) is 18.1 Å². The topological polar surface area (TPSA) is 76.1 Å². The number of benzene rings is 3. The molecule has 1 aliphatic rings. The SMILES string of the molecule is COCCCN1C(=O)C(=O)/C(=C(/O)c2ccc(OCc3cccc(C)c3)cc2)C1c1cccc(Cl)c1. The smallest absolute Gasteiger partial charge is 0.295 e. The Labute approximate surface area is 215 Å². The van der Waals surface area contributed by atoms with E-state index in [1.165, 1.54) is 4.90 Å². The molecule has 7 heteroatoms. The molecule has 3 aromatic carbocycles. The summed E-state index contributed by atoms with van der Waals surface area (Å²) in [6.45, 7) is 3.18. The van der Waals surface area contributed by atoms with Crippen LogP contribution in [0.4, 0.5) is 0 Å². The number of halogens is 1. The van der Waals surface area contributed by atoms with Crippen molar-refractivity contribution in [1.29, 1.82) is 0 Å². The Morgan fingerprint density at radius 1 is 1.03 bits per heavy atom. The van der Waals surface area contributed by atoms with Crippen molar-refractivity contribution < 1.29 is 24.2 Å². The minimum Gasteiger partial charge on any atom is -0.507 e. The number of ketones is 1. The van der Waals surface area contributed by atoms with Gasteiger partial charge in [-0.1, -0.05) is 53.6 Å². The van der Waals surface area contributed by atoms with Crippen LogP contribution in [-0.2, 0) is 20.9 Å². The normalized spacial score (nSPS) is 17.0. The van der Waals surface area contributed by atoms with Crippen LogP contribution in [0.25, 0.3) is 5.76 Å². The number of nitrogens with zero attached hydrogens (tertiary/aromatic N) is 1. The van der Waals surface area contributed by atoms with Crippen molar-refractivity contribution in [3.8, 4) is 5.75 Å². The standard InChI is InChI=1S/C29H28ClNO5/c1-19-6-3-7-20(16-19)18-36-24-12-10-21(11-13-24)27(32)25-26(22-8-4-9-23(30)17-22)31(14-5-15-35-2)29(34)28(25)33/h3-4,6-13,16-17,26,32H,5,14-15,18H2,1-2H3/b27-25+. The lowest BCUT2D eigenvalue weighted by atomic mass is 9.95. The van der Waals surface area contributed by atoms with Crippen LogP contribution in [-0.4, -0.2) is 42.0 Å². The molecule has 4 rings (SSSR count). The first-order valence-corrected chi connectivity index (χ1v) is 12.1. The van der Waals surface area contributed by atoms with Crippen LogP contribution in [0.5, 0.6) is 5.75 Å². The first kappa shape index (κ1) is 25.5. The highest BCUT2D eigenvalue weighted by atomic mass is 35.5. The highest BCUT2D eigenvalue weighted by molar-refractivity contribution is 6.46. The van der Waals surface area contributed by atoms with Crippen molar-refractivity contribution in [2.24, 2.45) is 0 Å². The molecule has 1 unspecified atom stereocenters. The van der Waals surface area contributed by atoms with Gasteiger partial charge in [0.25, 0.3) is 11.7 Å². The van der Waals surface area contributed by atoms with Crippen LogP contribution in [0.15, 0.2) is 78.4 Å². The molecule has 1 atom stereocenters. The van der Waals surface area contributed by atoms with Gasteiger partial charge in [-0.2, -0.15) is 0 Å². The van der Waals surface area contributed by atoms with E-state index >= 15 is 0 Å². The third-order valence-electron chi connectivity index (χ3n) is 6.07. The number of hydrogen-bond donors (Lipinski definition) is 1. The zero-order valence-corrected chi connectivity index (χ0v) is 21.0. The molecule has 1 saturated heterocycles. The molecule has 6 nitrogen and oxygen atoms in total. The predicted molar refractivity (Wildman–Crippen MR) is 139 cm³/mol. The summed E-state index contributed by atoms with van der Waals surface area (Å²) in [4.78, 5) is 27.5. The van der Waals surface area contributed by atoms with E-state index in [1.807, 2.05) is 25.1 Å². The van der Waals surface area contributed by atoms with Crippen molar-refractivity contribution in [2.75, 3.05) is 20.3 Å². The molecule has 186 valence electrons. The largest absolute Gasteiger partial charge is 0.507 e. The van der Waals surface area contributed by atoms with E-state index in [9.17, 15) is 14.7 Å². The van der Waals surface area contributed by atoms with Gasteiger partial charge < -0.3 is 19.5 Å². The molecule has 0 bridgehead atoms. The maximum Gasteiger partial charge on any atom is 0.295 e. The monoisotopic (exact) mass is 505 g/mol. The van der Waals surface area contributed by atoms with Crippen LogP contribution in [0.2, 0.25) is 5.02 Å². The number of Topliss-reactive ketones (excluding diaryl/α,β-unsaturated/α-hetero) is 1. The number of hydrogen-bond acceptors (Lipinski definition) is 5. The summed E-state index contributed by atoms with van der Waals surface area (Å²) >= 11 is 6.21. The van der Waals surface area contributed by atoms with Gasteiger partial charge in [0, 0.05) is 30.8 Å². The Balaban J connectivity index is 1.63. The number of aliphatic hydroxyl groups excluding tert-OH is 1. The van der Waals surface area contributed by atoms with E-state index in [4.69, 9.17) is 21.1 Å². The second-order valence-corrected chi connectivity index (χ2v) is 9.13. The average molecular weight is 506 g/mol. The maximum atomic E-state index is 13.1. The molecule has 0 aliphatic carbocycles. The van der Waals surface area contributed by atoms with E-state index < -0.39 is 17.7 Å². The van der Waals surface area contributed by atoms with E-state index in [1.54, 1.807) is 55.6 Å². The maximum absolute atomic E-state index is 13.1. The summed E-state index contributed by atoms with van der Waals surface area (Å²) < 4.78 is 11.0. The first-order valence-electron chi connectivity index (χ1n) is 11.7. The summed E-state index contributed by atoms with van der Waals surface area (Å²) in [5.41, 5.74) is 3.31. The third-order valence-corrected chi connectivity index (χ3v) is 6.30. The van der Waals surface area contributed by atoms with Gasteiger partial charge in [-0.05, 0) is 60.9 Å². The summed E-state index contributed by atoms with van der Waals surface area (Å²) in [6.07, 6.45) is 0.549. The van der Waals surface area contributed by atoms with Crippen LogP contribution in [0, 0.1) is 6.92 Å². The zero-order valence-electron chi connectivity index (χ0n) is 20.2. The van der Waals surface area contributed by atoms with E-state index in [2.05, 4.69) is 6.07 Å². The summed E-state index contributed by atoms with van der Waals surface area (Å²) in [5, 5.41) is 11.7. The lowest BCUT2D eigenvalue weighted by molar-refractivity contribution is -0.140. The molecule has 36 heavy (non-hydrogen) atoms. The molecule has 1 amide bonds. The van der Waals surface area contributed by atoms with Crippen molar-refractivity contribution in [3.63, 3.8) is 0 Å². The number of aryl methyl sites for hydroxylation is 1. The summed E-state index contributed by atoms with van der Waals surface area (Å²) in [6, 6.07) is 21.1. The van der Waals surface area contributed by atoms with Crippen molar-refractivity contribution in [2.45, 2.75) is 26.0 Å². The van der Waals surface area contributed by atoms with Gasteiger partial charge in [-0.15, -0.1) is 0 Å². The molecule has 1 fully saturated rings. The molecule has 1 N–H and O–H groups in total. The molecule has 0 radical (unpaired) electrons. The van der Waals surface area contributed by atoms with Gasteiger partial charge in [-0.25, -0.2) is 0 Å². The number of rotatable bonds is 9. The third kappa shape index (κ3) is 5.61. The van der Waals surface area contributed by atoms with Gasteiger partial charge in [-0.3, -0.25) is 9.59 Å². The van der Waals surface area contributed by atoms with E-state index in [0.29, 0.717) is 48.1 Å². The van der Waals surface area contributed by atoms with E-state index in [0.717, 1.165) is 11.1 Å². The number of carbonyl (C=O) groups is 2. The molecular formula is C29H28ClNO5. The summed E-state index contributed by atoms with van der Waals surface area (Å²) in [5.74, 6) is -0.998. The summed E-state index contributed by atoms with van der Waals surface area (Å²) in [7, 11) is 1.58. The van der Waals surface area contributed by atoms with Gasteiger partial charge in [0.15, 0.2) is 0 Å². The fourth-order valence-electron chi connectivity index (χ4n) is 4.35. The number of aliphatic hydroxyl groups is 1. The molecule has 0 aromatic heterocycles. The van der Waals surface area contributed by atoms with Crippen LogP contribution < -0.4 is 4.74 Å². The van der Waals surface area contributed by atoms with Crippen molar-refractivity contribution in [1.82, 2.24) is 4.90 Å². The Bertz CT molecular complexity index is 1280. The van der Waals surface area contributed by atoms with Crippen LogP contribution in [0.3, 0.4) is 0 Å². The zero-order chi connectivity index (χ0) is 25.7. The number of likely N-dealkylation sites (tertiary alicyclic amines) is 1. The minimum absolute atomic E-state index is 0.0353. The molecule has 0 saturated carbocycles. The average Bonchev–Trinajstić information content (AvgIpc) is 3.13. The fraction of sp³-hybridized carbons (Fsp3) is 0.241. The van der Waals surface area contributed by atoms with Gasteiger partial charge >= 0.3 is 0 Å². The highest BCUT2D eigenvalue weighted by Crippen LogP contribution is 2.40. The number of methoxy groups -OCH3 is 1. The fourth-order valence-corrected chi connectivity index (χ4v) is 4.54. The number of carbonyl (C=O) groups excluding carboxylic acids is 2. The Hall–Kier alpha value is -3.61. The minimum atomic E-state index is -0.752. The lowest BCUT2D eigenvalue weighted by Gasteiger charge is -2.25. The van der Waals surface area contributed by atoms with Crippen LogP contribution in [0.1, 0.15) is 34.7 Å². The highest BCUT2D eigenvalue weighted by Gasteiger charge is 2.45. The van der Waals surface area contributed by atoms with E-state index in [-0.39, 0.29) is 11.3 Å². The first-order chi connectivity index (χ1) is 17.4. The Morgan fingerprint density at radius 2 is 1.78 bits per heavy atom. The Morgan fingerprint density at radius 3 is 2.47 bits per heavy atom. The second kappa shape index (κ2) is 11.4. The molecular weight excluding hydrogens is 478 g/mol. The number of ether oxygens (including phenoxy) is 2. The number of amides is 1. The second-order valence-electron chi connectivity index (χ2n) is 8.70. The van der Waals surface area contributed by atoms with Crippen molar-refractivity contribution >= 4 is 29.1 Å². The molecule has 1 heterocycles. The molecule has 1 aliphatic heterocycles. The van der Waals surface area contributed by atoms with Gasteiger partial charge in [0.05, 0.1) is 11.6 Å². The predicted octanol–water partition coefficient (Wildman–Crippen LogP) is 5.69. The van der Waals surface area contributed by atoms with Gasteiger partial charge in [0.2, 0.25) is 0 Å². The van der Waals surface area contributed by atoms with Crippen LogP contribution >= 0.6 is 11.6 Å².